The molecule has 4 heteroatoms. The molecule has 34 heavy (non-hydrogen) atoms. The van der Waals surface area contributed by atoms with Crippen LogP contribution in [0.3, 0.4) is 0 Å². The smallest absolute Gasteiger partial charge is 0.238 e. The number of para-hydroxylation sites is 1. The maximum absolute atomic E-state index is 13.9. The number of hydrogen-bond donors (Lipinski definition) is 0. The molecule has 0 spiro atoms. The fourth-order valence-corrected chi connectivity index (χ4v) is 6.79. The van der Waals surface area contributed by atoms with Crippen LogP contribution in [0, 0.1) is 11.8 Å². The average molecular weight is 441 g/mol. The molecule has 1 fully saturated rings. The van der Waals surface area contributed by atoms with Gasteiger partial charge in [-0.3, -0.25) is 9.59 Å². The van der Waals surface area contributed by atoms with Gasteiger partial charge < -0.3 is 4.42 Å². The van der Waals surface area contributed by atoms with Crippen LogP contribution in [-0.4, -0.2) is 11.8 Å². The molecular weight excluding hydrogens is 422 g/mol. The lowest BCUT2D eigenvalue weighted by Crippen LogP contribution is -2.41. The zero-order chi connectivity index (χ0) is 22.6. The molecule has 9 rings (SSSR count). The second kappa shape index (κ2) is 6.23. The van der Waals surface area contributed by atoms with Crippen LogP contribution in [-0.2, 0) is 9.59 Å². The Hall–Kier alpha value is -4.18. The molecule has 0 unspecified atom stereocenters. The summed E-state index contributed by atoms with van der Waals surface area (Å²) in [6, 6.07) is 30.2. The molecule has 4 aliphatic rings. The van der Waals surface area contributed by atoms with Crippen LogP contribution in [0.4, 0.5) is 5.69 Å². The van der Waals surface area contributed by atoms with E-state index in [1.165, 1.54) is 27.2 Å². The number of furan rings is 1. The third-order valence-electron chi connectivity index (χ3n) is 8.07. The molecule has 0 N–H and O–H groups in total. The van der Waals surface area contributed by atoms with E-state index in [1.807, 2.05) is 66.7 Å². The topological polar surface area (TPSA) is 50.5 Å². The van der Waals surface area contributed by atoms with Gasteiger partial charge in [0.15, 0.2) is 0 Å². The second-order valence-electron chi connectivity index (χ2n) is 9.56. The maximum atomic E-state index is 13.9. The maximum Gasteiger partial charge on any atom is 0.238 e. The molecule has 3 aliphatic carbocycles. The Morgan fingerprint density at radius 1 is 0.559 bits per heavy atom. The first-order valence-corrected chi connectivity index (χ1v) is 11.7. The molecule has 1 aromatic heterocycles. The fourth-order valence-electron chi connectivity index (χ4n) is 6.79. The molecule has 0 saturated carbocycles. The monoisotopic (exact) mass is 441 g/mol. The Balaban J connectivity index is 1.31. The minimum absolute atomic E-state index is 0.0984. The zero-order valence-corrected chi connectivity index (χ0v) is 18.1. The summed E-state index contributed by atoms with van der Waals surface area (Å²) in [6.07, 6.45) is 0. The third-order valence-corrected chi connectivity index (χ3v) is 8.07. The van der Waals surface area contributed by atoms with E-state index < -0.39 is 0 Å². The molecule has 4 aromatic carbocycles. The van der Waals surface area contributed by atoms with Crippen LogP contribution in [0.5, 0.6) is 0 Å². The highest BCUT2D eigenvalue weighted by Crippen LogP contribution is 2.61. The number of imide groups is 1. The van der Waals surface area contributed by atoms with Crippen molar-refractivity contribution >= 4 is 39.4 Å². The van der Waals surface area contributed by atoms with Gasteiger partial charge in [-0.1, -0.05) is 66.7 Å². The van der Waals surface area contributed by atoms with E-state index in [0.717, 1.165) is 16.4 Å². The minimum atomic E-state index is -0.381. The van der Waals surface area contributed by atoms with Crippen molar-refractivity contribution in [2.24, 2.45) is 11.8 Å². The lowest BCUT2D eigenvalue weighted by atomic mass is 9.55. The van der Waals surface area contributed by atoms with E-state index in [4.69, 9.17) is 4.42 Å². The molecule has 0 radical (unpaired) electrons. The SMILES string of the molecule is O=C1[C@H]2C3c4ccccc4C(c4ccccc43)[C@@H]2C(=O)N1c1ccc2c(c1)oc1ccccc12. The standard InChI is InChI=1S/C30H19NO3/c32-29-27-25-19-8-1-2-9-20(19)26(22-11-4-3-10-21(22)25)28(27)30(33)31(29)16-13-14-18-17-7-5-6-12-23(17)34-24(18)15-16/h1-15,25-28H/t25?,26?,27-,28-/m0/s1. The Bertz CT molecular complexity index is 1580. The Labute approximate surface area is 195 Å². The second-order valence-corrected chi connectivity index (χ2v) is 9.56. The minimum Gasteiger partial charge on any atom is -0.456 e. The van der Waals surface area contributed by atoms with Crippen LogP contribution in [0.15, 0.2) is 95.4 Å². The van der Waals surface area contributed by atoms with E-state index in [-0.39, 0.29) is 35.5 Å². The van der Waals surface area contributed by atoms with Gasteiger partial charge >= 0.3 is 0 Å². The first-order valence-electron chi connectivity index (χ1n) is 11.7. The van der Waals surface area contributed by atoms with Gasteiger partial charge in [0.05, 0.1) is 17.5 Å². The van der Waals surface area contributed by atoms with Crippen molar-refractivity contribution in [3.8, 4) is 0 Å². The van der Waals surface area contributed by atoms with Gasteiger partial charge in [0.2, 0.25) is 11.8 Å². The van der Waals surface area contributed by atoms with Crippen molar-refractivity contribution in [2.75, 3.05) is 4.90 Å². The lowest BCUT2D eigenvalue weighted by molar-refractivity contribution is -0.122. The highest BCUT2D eigenvalue weighted by Gasteiger charge is 2.61. The average Bonchev–Trinajstić information content (AvgIpc) is 3.38. The quantitative estimate of drug-likeness (QED) is 0.301. The molecular formula is C30H19NO3. The number of carbonyl (C=O) groups excluding carboxylic acids is 2. The molecule has 2 atom stereocenters. The highest BCUT2D eigenvalue weighted by atomic mass is 16.3. The van der Waals surface area contributed by atoms with Crippen molar-refractivity contribution in [1.29, 1.82) is 0 Å². The molecule has 162 valence electrons. The Kier molecular flexibility index (Phi) is 3.35. The normalized spacial score (nSPS) is 24.5. The Morgan fingerprint density at radius 3 is 1.65 bits per heavy atom. The van der Waals surface area contributed by atoms with E-state index in [9.17, 15) is 9.59 Å². The summed E-state index contributed by atoms with van der Waals surface area (Å²) in [5.41, 5.74) is 6.80. The molecule has 1 aliphatic heterocycles. The Morgan fingerprint density at radius 2 is 1.06 bits per heavy atom. The van der Waals surface area contributed by atoms with Gasteiger partial charge in [0.1, 0.15) is 11.2 Å². The summed E-state index contributed by atoms with van der Waals surface area (Å²) < 4.78 is 6.05. The van der Waals surface area contributed by atoms with Crippen molar-refractivity contribution in [2.45, 2.75) is 11.8 Å². The summed E-state index contributed by atoms with van der Waals surface area (Å²) in [6.45, 7) is 0. The number of amides is 2. The number of benzene rings is 4. The van der Waals surface area contributed by atoms with Crippen LogP contribution in [0.25, 0.3) is 21.9 Å². The van der Waals surface area contributed by atoms with Gasteiger partial charge in [-0.25, -0.2) is 4.90 Å². The predicted octanol–water partition coefficient (Wildman–Crippen LogP) is 5.98. The number of nitrogens with zero attached hydrogens (tertiary/aromatic N) is 1. The zero-order valence-electron chi connectivity index (χ0n) is 18.1. The summed E-state index contributed by atoms with van der Waals surface area (Å²) in [5.74, 6) is -1.17. The number of anilines is 1. The van der Waals surface area contributed by atoms with E-state index >= 15 is 0 Å². The van der Waals surface area contributed by atoms with Gasteiger partial charge in [-0.05, 0) is 40.5 Å². The van der Waals surface area contributed by atoms with Crippen molar-refractivity contribution in [3.63, 3.8) is 0 Å². The third kappa shape index (κ3) is 2.09. The van der Waals surface area contributed by atoms with Crippen molar-refractivity contribution < 1.29 is 14.0 Å². The summed E-state index contributed by atoms with van der Waals surface area (Å²) in [7, 11) is 0. The summed E-state index contributed by atoms with van der Waals surface area (Å²) >= 11 is 0. The van der Waals surface area contributed by atoms with Gasteiger partial charge in [-0.2, -0.15) is 0 Å². The molecule has 5 aromatic rings. The molecule has 1 saturated heterocycles. The van der Waals surface area contributed by atoms with E-state index in [1.54, 1.807) is 0 Å². The van der Waals surface area contributed by atoms with Crippen LogP contribution < -0.4 is 4.90 Å². The van der Waals surface area contributed by atoms with Crippen LogP contribution >= 0.6 is 0 Å². The van der Waals surface area contributed by atoms with E-state index in [0.29, 0.717) is 11.3 Å². The first-order chi connectivity index (χ1) is 16.7. The highest BCUT2D eigenvalue weighted by molar-refractivity contribution is 6.24. The molecule has 2 heterocycles. The molecule has 4 nitrogen and oxygen atoms in total. The largest absolute Gasteiger partial charge is 0.456 e. The number of rotatable bonds is 1. The summed E-state index contributed by atoms with van der Waals surface area (Å²) in [5, 5.41) is 2.01. The number of hydrogen-bond acceptors (Lipinski definition) is 3. The fraction of sp³-hybridized carbons (Fsp3) is 0.133. The van der Waals surface area contributed by atoms with Crippen LogP contribution in [0.2, 0.25) is 0 Å². The predicted molar refractivity (Wildman–Crippen MR) is 130 cm³/mol. The first kappa shape index (κ1) is 18.3. The number of fused-ring (bicyclic) bond motifs is 3. The molecule has 2 bridgehead atoms. The van der Waals surface area contributed by atoms with Crippen molar-refractivity contribution in [1.82, 2.24) is 0 Å². The van der Waals surface area contributed by atoms with Gasteiger partial charge in [-0.15, -0.1) is 0 Å². The summed E-state index contributed by atoms with van der Waals surface area (Å²) in [4.78, 5) is 29.3. The van der Waals surface area contributed by atoms with Crippen LogP contribution in [0.1, 0.15) is 34.1 Å². The van der Waals surface area contributed by atoms with Gasteiger partial charge in [0, 0.05) is 28.7 Å². The number of carbonyl (C=O) groups is 2. The van der Waals surface area contributed by atoms with Gasteiger partial charge in [0.25, 0.3) is 0 Å². The molecule has 2 amide bonds. The van der Waals surface area contributed by atoms with E-state index in [2.05, 4.69) is 24.3 Å². The lowest BCUT2D eigenvalue weighted by Gasteiger charge is -2.45. The van der Waals surface area contributed by atoms with Crippen molar-refractivity contribution in [3.05, 3.63) is 113 Å².